The van der Waals surface area contributed by atoms with E-state index in [9.17, 15) is 13.6 Å². The molecule has 0 atom stereocenters. The topological polar surface area (TPSA) is 84.8 Å². The molecule has 10 heteroatoms. The van der Waals surface area contributed by atoms with Crippen molar-refractivity contribution >= 4 is 34.3 Å². The number of aromatic amines is 1. The number of thioether (sulfide) groups is 1. The summed E-state index contributed by atoms with van der Waals surface area (Å²) in [5, 5.41) is 12.7. The number of ether oxygens (including phenoxy) is 1. The number of hydrogen-bond acceptors (Lipinski definition) is 5. The number of aromatic nitrogens is 4. The zero-order chi connectivity index (χ0) is 24.4. The van der Waals surface area contributed by atoms with Crippen LogP contribution in [0.4, 0.5) is 14.5 Å². The normalized spacial score (nSPS) is 11.1. The lowest BCUT2D eigenvalue weighted by Crippen LogP contribution is -2.15. The molecule has 2 heterocycles. The molecule has 7 nitrogen and oxygen atoms in total. The van der Waals surface area contributed by atoms with Gasteiger partial charge in [0.15, 0.2) is 11.0 Å². The Bertz CT molecular complexity index is 1530. The smallest absolute Gasteiger partial charge is 0.234 e. The number of para-hydroxylation sites is 1. The van der Waals surface area contributed by atoms with Gasteiger partial charge >= 0.3 is 0 Å². The van der Waals surface area contributed by atoms with Crippen molar-refractivity contribution in [3.8, 4) is 22.8 Å². The van der Waals surface area contributed by atoms with Crippen LogP contribution in [0, 0.1) is 11.6 Å². The molecule has 0 fully saturated rings. The average molecular weight is 492 g/mol. The molecule has 2 aromatic heterocycles. The third kappa shape index (κ3) is 4.60. The van der Waals surface area contributed by atoms with E-state index in [1.165, 1.54) is 6.07 Å². The monoisotopic (exact) mass is 491 g/mol. The predicted molar refractivity (Wildman–Crippen MR) is 131 cm³/mol. The number of H-pyrrole nitrogens is 1. The van der Waals surface area contributed by atoms with Gasteiger partial charge in [0.25, 0.3) is 0 Å². The lowest BCUT2D eigenvalue weighted by atomic mass is 10.1. The quantitative estimate of drug-likeness (QED) is 0.297. The summed E-state index contributed by atoms with van der Waals surface area (Å²) in [5.41, 5.74) is 2.46. The molecular weight excluding hydrogens is 472 g/mol. The molecule has 5 aromatic rings. The molecule has 2 N–H and O–H groups in total. The Kier molecular flexibility index (Phi) is 6.19. The van der Waals surface area contributed by atoms with Crippen LogP contribution in [-0.4, -0.2) is 38.5 Å². The summed E-state index contributed by atoms with van der Waals surface area (Å²) in [6, 6.07) is 18.3. The second-order valence-corrected chi connectivity index (χ2v) is 8.49. The van der Waals surface area contributed by atoms with Gasteiger partial charge in [-0.05, 0) is 30.3 Å². The Morgan fingerprint density at radius 2 is 1.94 bits per heavy atom. The minimum atomic E-state index is -0.843. The van der Waals surface area contributed by atoms with E-state index in [0.717, 1.165) is 46.0 Å². The van der Waals surface area contributed by atoms with E-state index < -0.39 is 17.5 Å². The molecule has 1 amide bonds. The number of benzene rings is 3. The zero-order valence-corrected chi connectivity index (χ0v) is 19.3. The van der Waals surface area contributed by atoms with E-state index in [-0.39, 0.29) is 11.4 Å². The first-order valence-corrected chi connectivity index (χ1v) is 11.6. The molecule has 0 saturated carbocycles. The van der Waals surface area contributed by atoms with Crippen molar-refractivity contribution in [1.82, 2.24) is 19.7 Å². The van der Waals surface area contributed by atoms with Crippen molar-refractivity contribution in [3.05, 3.63) is 84.6 Å². The maximum Gasteiger partial charge on any atom is 0.234 e. The number of halogens is 2. The fraction of sp³-hybridized carbons (Fsp3) is 0.0800. The number of rotatable bonds is 7. The molecule has 0 bridgehead atoms. The first-order chi connectivity index (χ1) is 17.0. The van der Waals surface area contributed by atoms with Crippen LogP contribution >= 0.6 is 11.8 Å². The van der Waals surface area contributed by atoms with Crippen molar-refractivity contribution in [1.29, 1.82) is 0 Å². The van der Waals surface area contributed by atoms with Gasteiger partial charge in [-0.1, -0.05) is 36.0 Å². The number of carbonyl (C=O) groups excluding carboxylic acids is 1. The van der Waals surface area contributed by atoms with E-state index in [1.807, 2.05) is 59.3 Å². The summed E-state index contributed by atoms with van der Waals surface area (Å²) in [6.45, 7) is 0. The molecule has 0 aliphatic carbocycles. The van der Waals surface area contributed by atoms with Gasteiger partial charge in [0, 0.05) is 34.8 Å². The van der Waals surface area contributed by atoms with Crippen LogP contribution in [-0.2, 0) is 4.79 Å². The summed E-state index contributed by atoms with van der Waals surface area (Å²) >= 11 is 1.14. The molecule has 3 aromatic carbocycles. The van der Waals surface area contributed by atoms with Crippen molar-refractivity contribution in [3.63, 3.8) is 0 Å². The van der Waals surface area contributed by atoms with Crippen LogP contribution in [0.25, 0.3) is 28.0 Å². The van der Waals surface area contributed by atoms with Crippen LogP contribution in [0.2, 0.25) is 0 Å². The standard InChI is InChI=1S/C25H19F2N5O2S/c1-34-17-6-4-5-16(12-17)32-24(19-13-28-21-8-3-2-7-18(19)21)30-31-25(32)35-14-23(33)29-22-10-9-15(26)11-20(22)27/h2-13,28H,14H2,1H3,(H,29,33). The average Bonchev–Trinajstić information content (AvgIpc) is 3.48. The molecule has 0 saturated heterocycles. The molecule has 0 spiro atoms. The van der Waals surface area contributed by atoms with Gasteiger partial charge < -0.3 is 15.0 Å². The van der Waals surface area contributed by atoms with Gasteiger partial charge in [0.1, 0.15) is 17.4 Å². The second-order valence-electron chi connectivity index (χ2n) is 7.55. The van der Waals surface area contributed by atoms with Gasteiger partial charge in [-0.15, -0.1) is 10.2 Å². The number of methoxy groups -OCH3 is 1. The summed E-state index contributed by atoms with van der Waals surface area (Å²) in [5.74, 6) is -0.845. The minimum Gasteiger partial charge on any atom is -0.497 e. The molecule has 5 rings (SSSR count). The van der Waals surface area contributed by atoms with Gasteiger partial charge in [0.2, 0.25) is 5.91 Å². The number of anilines is 1. The second kappa shape index (κ2) is 9.59. The van der Waals surface area contributed by atoms with Crippen LogP contribution < -0.4 is 10.1 Å². The van der Waals surface area contributed by atoms with Gasteiger partial charge in [-0.3, -0.25) is 9.36 Å². The Labute approximate surface area is 203 Å². The van der Waals surface area contributed by atoms with Crippen LogP contribution in [0.15, 0.2) is 78.1 Å². The molecule has 0 radical (unpaired) electrons. The Morgan fingerprint density at radius 1 is 1.09 bits per heavy atom. The molecule has 176 valence electrons. The summed E-state index contributed by atoms with van der Waals surface area (Å²) in [4.78, 5) is 15.8. The Morgan fingerprint density at radius 3 is 2.77 bits per heavy atom. The van der Waals surface area contributed by atoms with Gasteiger partial charge in [-0.2, -0.15) is 0 Å². The van der Waals surface area contributed by atoms with E-state index >= 15 is 0 Å². The number of amides is 1. The maximum atomic E-state index is 13.9. The maximum absolute atomic E-state index is 13.9. The van der Waals surface area contributed by atoms with Crippen LogP contribution in [0.1, 0.15) is 0 Å². The first-order valence-electron chi connectivity index (χ1n) is 10.6. The van der Waals surface area contributed by atoms with Gasteiger partial charge in [0.05, 0.1) is 24.2 Å². The predicted octanol–water partition coefficient (Wildman–Crippen LogP) is 5.43. The summed E-state index contributed by atoms with van der Waals surface area (Å²) in [6.07, 6.45) is 1.86. The fourth-order valence-corrected chi connectivity index (χ4v) is 4.44. The summed E-state index contributed by atoms with van der Waals surface area (Å²) < 4.78 is 34.3. The van der Waals surface area contributed by atoms with E-state index in [4.69, 9.17) is 4.74 Å². The highest BCUT2D eigenvalue weighted by Gasteiger charge is 2.20. The summed E-state index contributed by atoms with van der Waals surface area (Å²) in [7, 11) is 1.58. The molecule has 35 heavy (non-hydrogen) atoms. The lowest BCUT2D eigenvalue weighted by molar-refractivity contribution is -0.113. The molecule has 0 aliphatic heterocycles. The van der Waals surface area contributed by atoms with E-state index in [1.54, 1.807) is 7.11 Å². The van der Waals surface area contributed by atoms with Crippen LogP contribution in [0.3, 0.4) is 0 Å². The largest absolute Gasteiger partial charge is 0.497 e. The molecular formula is C25H19F2N5O2S. The SMILES string of the molecule is COc1cccc(-n2c(SCC(=O)Nc3ccc(F)cc3F)nnc2-c2c[nH]c3ccccc23)c1. The highest BCUT2D eigenvalue weighted by atomic mass is 32.2. The lowest BCUT2D eigenvalue weighted by Gasteiger charge is -2.11. The third-order valence-electron chi connectivity index (χ3n) is 5.31. The zero-order valence-electron chi connectivity index (χ0n) is 18.5. The molecule has 0 aliphatic rings. The van der Waals surface area contributed by atoms with Gasteiger partial charge in [-0.25, -0.2) is 8.78 Å². The Balaban J connectivity index is 1.48. The number of fused-ring (bicyclic) bond motifs is 1. The Hall–Kier alpha value is -4.18. The molecule has 0 unspecified atom stereocenters. The van der Waals surface area contributed by atoms with E-state index in [0.29, 0.717) is 16.7 Å². The fourth-order valence-electron chi connectivity index (χ4n) is 3.68. The minimum absolute atomic E-state index is 0.0627. The number of nitrogens with one attached hydrogen (secondary N) is 2. The highest BCUT2D eigenvalue weighted by molar-refractivity contribution is 7.99. The number of hydrogen-bond donors (Lipinski definition) is 2. The van der Waals surface area contributed by atoms with Crippen molar-refractivity contribution < 1.29 is 18.3 Å². The number of nitrogens with zero attached hydrogens (tertiary/aromatic N) is 3. The highest BCUT2D eigenvalue weighted by Crippen LogP contribution is 2.33. The van der Waals surface area contributed by atoms with E-state index in [2.05, 4.69) is 20.5 Å². The first kappa shape index (κ1) is 22.6. The number of carbonyl (C=O) groups is 1. The van der Waals surface area contributed by atoms with Crippen molar-refractivity contribution in [2.75, 3.05) is 18.2 Å². The third-order valence-corrected chi connectivity index (χ3v) is 6.24. The van der Waals surface area contributed by atoms with Crippen molar-refractivity contribution in [2.24, 2.45) is 0 Å². The van der Waals surface area contributed by atoms with Crippen molar-refractivity contribution in [2.45, 2.75) is 5.16 Å². The van der Waals surface area contributed by atoms with Crippen LogP contribution in [0.5, 0.6) is 5.75 Å².